The maximum atomic E-state index is 12.7. The van der Waals surface area contributed by atoms with E-state index >= 15 is 0 Å². The second kappa shape index (κ2) is 9.26. The Morgan fingerprint density at radius 2 is 2.07 bits per heavy atom. The summed E-state index contributed by atoms with van der Waals surface area (Å²) >= 11 is 0.681. The van der Waals surface area contributed by atoms with Crippen molar-refractivity contribution in [3.05, 3.63) is 38.8 Å². The molecular weight excluding hydrogens is 414 g/mol. The van der Waals surface area contributed by atoms with Crippen molar-refractivity contribution in [1.82, 2.24) is 4.90 Å². The lowest BCUT2D eigenvalue weighted by Gasteiger charge is -2.28. The van der Waals surface area contributed by atoms with Gasteiger partial charge in [0.2, 0.25) is 0 Å². The van der Waals surface area contributed by atoms with Gasteiger partial charge in [0.25, 0.3) is 16.8 Å². The molecule has 11 heteroatoms. The number of hydrogen-bond donors (Lipinski definition) is 0. The number of ether oxygens (including phenoxy) is 2. The zero-order valence-corrected chi connectivity index (χ0v) is 17.3. The van der Waals surface area contributed by atoms with Crippen LogP contribution in [0.15, 0.2) is 23.1 Å². The molecule has 0 bridgehead atoms. The number of amides is 2. The summed E-state index contributed by atoms with van der Waals surface area (Å²) in [7, 11) is 0. The first kappa shape index (κ1) is 21.8. The van der Waals surface area contributed by atoms with Crippen LogP contribution in [0.4, 0.5) is 16.2 Å². The minimum absolute atomic E-state index is 0.0876. The SMILES string of the molecule is CCOC(=O)C(C)N1C(=O)SC(=Cc2ccc(N3CCOCC3)c([N+](=O)[O-])c2)C1=O. The molecule has 0 radical (unpaired) electrons. The lowest BCUT2D eigenvalue weighted by Crippen LogP contribution is -2.42. The fourth-order valence-electron chi connectivity index (χ4n) is 3.18. The summed E-state index contributed by atoms with van der Waals surface area (Å²) < 4.78 is 10.2. The molecule has 2 saturated heterocycles. The van der Waals surface area contributed by atoms with Gasteiger partial charge in [-0.2, -0.15) is 0 Å². The Kier molecular flexibility index (Phi) is 6.73. The van der Waals surface area contributed by atoms with Crippen molar-refractivity contribution in [3.63, 3.8) is 0 Å². The first-order chi connectivity index (χ1) is 14.3. The number of benzene rings is 1. The van der Waals surface area contributed by atoms with E-state index in [-0.39, 0.29) is 17.2 Å². The molecule has 2 fully saturated rings. The van der Waals surface area contributed by atoms with Gasteiger partial charge in [-0.15, -0.1) is 0 Å². The molecule has 0 N–H and O–H groups in total. The molecule has 1 unspecified atom stereocenters. The molecular formula is C19H21N3O7S. The Labute approximate surface area is 176 Å². The topological polar surface area (TPSA) is 119 Å². The maximum absolute atomic E-state index is 12.7. The number of nitro benzene ring substituents is 1. The molecule has 2 amide bonds. The molecule has 0 aromatic heterocycles. The number of rotatable bonds is 6. The van der Waals surface area contributed by atoms with E-state index in [2.05, 4.69) is 0 Å². The van der Waals surface area contributed by atoms with E-state index in [1.54, 1.807) is 19.1 Å². The van der Waals surface area contributed by atoms with Gasteiger partial charge in [-0.25, -0.2) is 4.79 Å². The van der Waals surface area contributed by atoms with Crippen LogP contribution in [-0.4, -0.2) is 65.9 Å². The number of esters is 1. The average Bonchev–Trinajstić information content (AvgIpc) is 3.01. The molecule has 160 valence electrons. The fourth-order valence-corrected chi connectivity index (χ4v) is 4.09. The Morgan fingerprint density at radius 1 is 1.37 bits per heavy atom. The predicted octanol–water partition coefficient (Wildman–Crippen LogP) is 2.42. The van der Waals surface area contributed by atoms with Crippen molar-refractivity contribution in [2.45, 2.75) is 19.9 Å². The number of morpholine rings is 1. The van der Waals surface area contributed by atoms with Gasteiger partial charge in [0.15, 0.2) is 0 Å². The van der Waals surface area contributed by atoms with E-state index in [0.29, 0.717) is 49.3 Å². The van der Waals surface area contributed by atoms with Crippen molar-refractivity contribution in [1.29, 1.82) is 0 Å². The smallest absolute Gasteiger partial charge is 0.329 e. The minimum atomic E-state index is -1.05. The number of carbonyl (C=O) groups excluding carboxylic acids is 3. The number of anilines is 1. The van der Waals surface area contributed by atoms with Gasteiger partial charge >= 0.3 is 5.97 Å². The second-order valence-corrected chi connectivity index (χ2v) is 7.58. The van der Waals surface area contributed by atoms with Crippen LogP contribution in [-0.2, 0) is 19.1 Å². The first-order valence-electron chi connectivity index (χ1n) is 9.38. The van der Waals surface area contributed by atoms with Crippen molar-refractivity contribution >= 4 is 46.3 Å². The zero-order valence-electron chi connectivity index (χ0n) is 16.5. The Morgan fingerprint density at radius 3 is 2.70 bits per heavy atom. The van der Waals surface area contributed by atoms with Gasteiger partial charge in [0.05, 0.1) is 29.6 Å². The molecule has 10 nitrogen and oxygen atoms in total. The Bertz CT molecular complexity index is 911. The van der Waals surface area contributed by atoms with Crippen molar-refractivity contribution in [2.24, 2.45) is 0 Å². The summed E-state index contributed by atoms with van der Waals surface area (Å²) in [4.78, 5) is 50.7. The van der Waals surface area contributed by atoms with E-state index in [0.717, 1.165) is 4.90 Å². The van der Waals surface area contributed by atoms with Crippen LogP contribution < -0.4 is 4.90 Å². The molecule has 2 aliphatic heterocycles. The highest BCUT2D eigenvalue weighted by Crippen LogP contribution is 2.36. The van der Waals surface area contributed by atoms with Gasteiger partial charge in [0.1, 0.15) is 11.7 Å². The van der Waals surface area contributed by atoms with Gasteiger partial charge in [-0.3, -0.25) is 24.6 Å². The van der Waals surface area contributed by atoms with Crippen LogP contribution in [0.1, 0.15) is 19.4 Å². The molecule has 30 heavy (non-hydrogen) atoms. The summed E-state index contributed by atoms with van der Waals surface area (Å²) in [5.41, 5.74) is 0.794. The molecule has 0 saturated carbocycles. The van der Waals surface area contributed by atoms with Gasteiger partial charge in [0, 0.05) is 19.2 Å². The molecule has 1 aromatic rings. The van der Waals surface area contributed by atoms with Gasteiger partial charge in [-0.1, -0.05) is 6.07 Å². The number of thioether (sulfide) groups is 1. The van der Waals surface area contributed by atoms with Crippen molar-refractivity contribution < 1.29 is 28.8 Å². The highest BCUT2D eigenvalue weighted by molar-refractivity contribution is 8.18. The summed E-state index contributed by atoms with van der Waals surface area (Å²) in [6.45, 7) is 5.25. The van der Waals surface area contributed by atoms with Crippen LogP contribution in [0.5, 0.6) is 0 Å². The number of imide groups is 1. The van der Waals surface area contributed by atoms with Crippen LogP contribution >= 0.6 is 11.8 Å². The van der Waals surface area contributed by atoms with Crippen LogP contribution in [0.3, 0.4) is 0 Å². The normalized spacial score (nSPS) is 19.3. The number of hydrogen-bond acceptors (Lipinski definition) is 9. The minimum Gasteiger partial charge on any atom is -0.464 e. The fraction of sp³-hybridized carbons (Fsp3) is 0.421. The predicted molar refractivity (Wildman–Crippen MR) is 110 cm³/mol. The Hall–Kier alpha value is -2.92. The second-order valence-electron chi connectivity index (χ2n) is 6.58. The zero-order chi connectivity index (χ0) is 21.8. The molecule has 0 spiro atoms. The molecule has 1 atom stereocenters. The average molecular weight is 435 g/mol. The summed E-state index contributed by atoms with van der Waals surface area (Å²) in [6.07, 6.45) is 1.42. The summed E-state index contributed by atoms with van der Waals surface area (Å²) in [5.74, 6) is -1.31. The molecule has 2 heterocycles. The third-order valence-electron chi connectivity index (χ3n) is 4.68. The lowest BCUT2D eigenvalue weighted by molar-refractivity contribution is -0.384. The highest BCUT2D eigenvalue weighted by Gasteiger charge is 2.41. The standard InChI is InChI=1S/C19H21N3O7S/c1-3-29-18(24)12(2)21-17(23)16(30-19(21)25)11-13-4-5-14(15(10-13)22(26)27)20-6-8-28-9-7-20/h4-5,10-12H,3,6-9H2,1-2H3. The summed E-state index contributed by atoms with van der Waals surface area (Å²) in [5, 5.41) is 11.0. The quantitative estimate of drug-likeness (QED) is 0.287. The third-order valence-corrected chi connectivity index (χ3v) is 5.57. The van der Waals surface area contributed by atoms with E-state index in [4.69, 9.17) is 9.47 Å². The highest BCUT2D eigenvalue weighted by atomic mass is 32.2. The largest absolute Gasteiger partial charge is 0.464 e. The molecule has 2 aliphatic rings. The maximum Gasteiger partial charge on any atom is 0.329 e. The first-order valence-corrected chi connectivity index (χ1v) is 10.2. The monoisotopic (exact) mass is 435 g/mol. The number of nitrogens with zero attached hydrogens (tertiary/aromatic N) is 3. The molecule has 0 aliphatic carbocycles. The van der Waals surface area contributed by atoms with Gasteiger partial charge in [-0.05, 0) is 43.3 Å². The van der Waals surface area contributed by atoms with Crippen LogP contribution in [0, 0.1) is 10.1 Å². The van der Waals surface area contributed by atoms with Crippen molar-refractivity contribution in [2.75, 3.05) is 37.8 Å². The molecule has 1 aromatic carbocycles. The van der Waals surface area contributed by atoms with Crippen LogP contribution in [0.2, 0.25) is 0 Å². The van der Waals surface area contributed by atoms with E-state index in [1.165, 1.54) is 19.1 Å². The van der Waals surface area contributed by atoms with Crippen LogP contribution in [0.25, 0.3) is 6.08 Å². The lowest BCUT2D eigenvalue weighted by atomic mass is 10.1. The van der Waals surface area contributed by atoms with E-state index in [9.17, 15) is 24.5 Å². The van der Waals surface area contributed by atoms with E-state index in [1.807, 2.05) is 4.90 Å². The van der Waals surface area contributed by atoms with Gasteiger partial charge < -0.3 is 14.4 Å². The third kappa shape index (κ3) is 4.46. The van der Waals surface area contributed by atoms with Crippen molar-refractivity contribution in [3.8, 4) is 0 Å². The number of nitro groups is 1. The Balaban J connectivity index is 1.86. The molecule has 3 rings (SSSR count). The van der Waals surface area contributed by atoms with E-state index < -0.39 is 28.1 Å². The summed E-state index contributed by atoms with van der Waals surface area (Å²) in [6, 6.07) is 3.59. The number of carbonyl (C=O) groups is 3.